The first kappa shape index (κ1) is 17.9. The summed E-state index contributed by atoms with van der Waals surface area (Å²) < 4.78 is 13.4. The van der Waals surface area contributed by atoms with Gasteiger partial charge in [0.2, 0.25) is 5.91 Å². The molecule has 1 amide bonds. The van der Waals surface area contributed by atoms with Gasteiger partial charge in [0.15, 0.2) is 0 Å². The van der Waals surface area contributed by atoms with Crippen LogP contribution in [0.1, 0.15) is 52.0 Å². The maximum absolute atomic E-state index is 13.4. The van der Waals surface area contributed by atoms with E-state index in [1.54, 1.807) is 12.1 Å². The number of carbonyl (C=O) groups is 1. The smallest absolute Gasteiger partial charge is 0.239 e. The van der Waals surface area contributed by atoms with Gasteiger partial charge in [0.1, 0.15) is 5.82 Å². The maximum atomic E-state index is 13.4. The molecule has 1 fully saturated rings. The fourth-order valence-corrected chi connectivity index (χ4v) is 3.19. The Kier molecular flexibility index (Phi) is 5.79. The summed E-state index contributed by atoms with van der Waals surface area (Å²) in [7, 11) is 0. The highest BCUT2D eigenvalue weighted by Crippen LogP contribution is 2.31. The first-order valence-electron chi connectivity index (χ1n) is 8.59. The summed E-state index contributed by atoms with van der Waals surface area (Å²) in [5, 5.41) is 3.04. The van der Waals surface area contributed by atoms with Crippen LogP contribution in [0.2, 0.25) is 0 Å². The summed E-state index contributed by atoms with van der Waals surface area (Å²) in [5.74, 6) is 0.763. The molecule has 0 saturated carbocycles. The number of nitrogens with zero attached hydrogens (tertiary/aromatic N) is 1. The minimum absolute atomic E-state index is 0.0930. The topological polar surface area (TPSA) is 32.3 Å². The lowest BCUT2D eigenvalue weighted by atomic mass is 9.87. The molecule has 1 aromatic rings. The predicted octanol–water partition coefficient (Wildman–Crippen LogP) is 3.56. The van der Waals surface area contributed by atoms with Crippen molar-refractivity contribution in [3.63, 3.8) is 0 Å². The number of amides is 1. The molecular weight excluding hydrogens is 291 g/mol. The predicted molar refractivity (Wildman–Crippen MR) is 91.9 cm³/mol. The van der Waals surface area contributed by atoms with E-state index < -0.39 is 5.54 Å². The quantitative estimate of drug-likeness (QED) is 0.900. The highest BCUT2D eigenvalue weighted by molar-refractivity contribution is 5.85. The first-order valence-corrected chi connectivity index (χ1v) is 8.59. The molecule has 1 aliphatic rings. The molecule has 23 heavy (non-hydrogen) atoms. The lowest BCUT2D eigenvalue weighted by Crippen LogP contribution is -2.57. The average Bonchev–Trinajstić information content (AvgIpc) is 2.52. The number of carbonyl (C=O) groups excluding carboxylic acids is 1. The minimum atomic E-state index is -0.498. The molecule has 0 aromatic heterocycles. The van der Waals surface area contributed by atoms with Gasteiger partial charge in [0.05, 0.1) is 5.54 Å². The van der Waals surface area contributed by atoms with Crippen molar-refractivity contribution in [3.05, 3.63) is 35.6 Å². The van der Waals surface area contributed by atoms with Crippen molar-refractivity contribution in [1.29, 1.82) is 0 Å². The molecule has 2 rings (SSSR count). The van der Waals surface area contributed by atoms with Gasteiger partial charge in [-0.15, -0.1) is 0 Å². The summed E-state index contributed by atoms with van der Waals surface area (Å²) in [6.45, 7) is 10.6. The fourth-order valence-electron chi connectivity index (χ4n) is 3.19. The Labute approximate surface area is 139 Å². The Morgan fingerprint density at radius 3 is 2.57 bits per heavy atom. The number of piperidine rings is 1. The van der Waals surface area contributed by atoms with Crippen LogP contribution < -0.4 is 5.32 Å². The van der Waals surface area contributed by atoms with Crippen LogP contribution in [-0.2, 0) is 4.79 Å². The molecule has 0 radical (unpaired) electrons. The van der Waals surface area contributed by atoms with Gasteiger partial charge in [-0.05, 0) is 69.3 Å². The van der Waals surface area contributed by atoms with Gasteiger partial charge in [-0.3, -0.25) is 9.69 Å². The molecule has 4 heteroatoms. The molecule has 1 aromatic carbocycles. The SMILES string of the molecule is CC(C)CNC(=O)C(C)(C)N1CCC(c2cccc(F)c2)CC1. The third kappa shape index (κ3) is 4.54. The van der Waals surface area contributed by atoms with E-state index in [0.717, 1.165) is 31.5 Å². The monoisotopic (exact) mass is 320 g/mol. The molecule has 1 aliphatic heterocycles. The van der Waals surface area contributed by atoms with Crippen molar-refractivity contribution >= 4 is 5.91 Å². The molecule has 0 unspecified atom stereocenters. The Morgan fingerprint density at radius 2 is 2.00 bits per heavy atom. The van der Waals surface area contributed by atoms with Gasteiger partial charge in [0, 0.05) is 6.54 Å². The van der Waals surface area contributed by atoms with Gasteiger partial charge in [-0.1, -0.05) is 26.0 Å². The molecule has 1 heterocycles. The first-order chi connectivity index (χ1) is 10.8. The van der Waals surface area contributed by atoms with E-state index in [4.69, 9.17) is 0 Å². The number of hydrogen-bond donors (Lipinski definition) is 1. The third-order valence-corrected chi connectivity index (χ3v) is 4.83. The van der Waals surface area contributed by atoms with Crippen LogP contribution in [0.5, 0.6) is 0 Å². The van der Waals surface area contributed by atoms with Crippen LogP contribution in [0.25, 0.3) is 0 Å². The Bertz CT molecular complexity index is 534. The molecule has 3 nitrogen and oxygen atoms in total. The number of halogens is 1. The summed E-state index contributed by atoms with van der Waals surface area (Å²) in [4.78, 5) is 14.7. The number of benzene rings is 1. The van der Waals surface area contributed by atoms with Crippen LogP contribution in [0.15, 0.2) is 24.3 Å². The molecular formula is C19H29FN2O. The van der Waals surface area contributed by atoms with E-state index in [-0.39, 0.29) is 11.7 Å². The van der Waals surface area contributed by atoms with Gasteiger partial charge in [-0.2, -0.15) is 0 Å². The van der Waals surface area contributed by atoms with Crippen molar-refractivity contribution in [2.45, 2.75) is 52.0 Å². The summed E-state index contributed by atoms with van der Waals surface area (Å²) in [6.07, 6.45) is 1.93. The lowest BCUT2D eigenvalue weighted by molar-refractivity contribution is -0.132. The second kappa shape index (κ2) is 7.43. The van der Waals surface area contributed by atoms with Crippen molar-refractivity contribution in [2.24, 2.45) is 5.92 Å². The van der Waals surface area contributed by atoms with E-state index >= 15 is 0 Å². The van der Waals surface area contributed by atoms with Crippen molar-refractivity contribution in [2.75, 3.05) is 19.6 Å². The normalized spacial score (nSPS) is 17.5. The average molecular weight is 320 g/mol. The van der Waals surface area contributed by atoms with Crippen molar-refractivity contribution in [1.82, 2.24) is 10.2 Å². The molecule has 0 spiro atoms. The number of likely N-dealkylation sites (tertiary alicyclic amines) is 1. The zero-order valence-corrected chi connectivity index (χ0v) is 14.7. The summed E-state index contributed by atoms with van der Waals surface area (Å²) in [5.41, 5.74) is 0.577. The Balaban J connectivity index is 1.93. The molecule has 0 aliphatic carbocycles. The Hall–Kier alpha value is -1.42. The van der Waals surface area contributed by atoms with Gasteiger partial charge in [0.25, 0.3) is 0 Å². The maximum Gasteiger partial charge on any atom is 0.239 e. The van der Waals surface area contributed by atoms with E-state index in [9.17, 15) is 9.18 Å². The Morgan fingerprint density at radius 1 is 1.35 bits per heavy atom. The number of hydrogen-bond acceptors (Lipinski definition) is 2. The number of rotatable bonds is 5. The molecule has 0 bridgehead atoms. The van der Waals surface area contributed by atoms with Crippen LogP contribution in [0, 0.1) is 11.7 Å². The third-order valence-electron chi connectivity index (χ3n) is 4.83. The minimum Gasteiger partial charge on any atom is -0.354 e. The van der Waals surface area contributed by atoms with Crippen LogP contribution in [0.4, 0.5) is 4.39 Å². The van der Waals surface area contributed by atoms with E-state index in [1.807, 2.05) is 19.9 Å². The second-order valence-corrected chi connectivity index (χ2v) is 7.48. The van der Waals surface area contributed by atoms with Crippen LogP contribution >= 0.6 is 0 Å². The largest absolute Gasteiger partial charge is 0.354 e. The summed E-state index contributed by atoms with van der Waals surface area (Å²) in [6, 6.07) is 6.91. The second-order valence-electron chi connectivity index (χ2n) is 7.48. The van der Waals surface area contributed by atoms with Crippen LogP contribution in [0.3, 0.4) is 0 Å². The van der Waals surface area contributed by atoms with E-state index in [1.165, 1.54) is 6.07 Å². The lowest BCUT2D eigenvalue weighted by Gasteiger charge is -2.42. The highest BCUT2D eigenvalue weighted by Gasteiger charge is 2.36. The van der Waals surface area contributed by atoms with Crippen molar-refractivity contribution in [3.8, 4) is 0 Å². The molecule has 0 atom stereocenters. The highest BCUT2D eigenvalue weighted by atomic mass is 19.1. The zero-order chi connectivity index (χ0) is 17.0. The standard InChI is InChI=1S/C19H29FN2O/c1-14(2)13-21-18(23)19(3,4)22-10-8-15(9-11-22)16-6-5-7-17(20)12-16/h5-7,12,14-15H,8-11,13H2,1-4H3,(H,21,23). The summed E-state index contributed by atoms with van der Waals surface area (Å²) >= 11 is 0. The van der Waals surface area contributed by atoms with Gasteiger partial charge < -0.3 is 5.32 Å². The van der Waals surface area contributed by atoms with Crippen molar-refractivity contribution < 1.29 is 9.18 Å². The molecule has 1 N–H and O–H groups in total. The fraction of sp³-hybridized carbons (Fsp3) is 0.632. The van der Waals surface area contributed by atoms with Gasteiger partial charge in [-0.25, -0.2) is 4.39 Å². The van der Waals surface area contributed by atoms with E-state index in [2.05, 4.69) is 24.1 Å². The molecule has 128 valence electrons. The van der Waals surface area contributed by atoms with E-state index in [0.29, 0.717) is 18.4 Å². The molecule has 1 saturated heterocycles. The van der Waals surface area contributed by atoms with Gasteiger partial charge >= 0.3 is 0 Å². The number of nitrogens with one attached hydrogen (secondary N) is 1. The zero-order valence-electron chi connectivity index (χ0n) is 14.7. The van der Waals surface area contributed by atoms with Crippen LogP contribution in [-0.4, -0.2) is 36.0 Å².